The summed E-state index contributed by atoms with van der Waals surface area (Å²) in [5, 5.41) is 3.04. The summed E-state index contributed by atoms with van der Waals surface area (Å²) in [5.41, 5.74) is 7.06. The topological polar surface area (TPSA) is 67.6 Å². The Labute approximate surface area is 144 Å². The summed E-state index contributed by atoms with van der Waals surface area (Å²) in [6.07, 6.45) is 4.43. The molecule has 2 bridgehead atoms. The Kier molecular flexibility index (Phi) is 5.41. The van der Waals surface area contributed by atoms with Gasteiger partial charge in [-0.15, -0.1) is 0 Å². The average molecular weight is 331 g/mol. The van der Waals surface area contributed by atoms with E-state index in [1.54, 1.807) is 0 Å². The molecule has 3 N–H and O–H groups in total. The lowest BCUT2D eigenvalue weighted by Crippen LogP contribution is -2.42. The van der Waals surface area contributed by atoms with Gasteiger partial charge in [0.1, 0.15) is 5.75 Å². The van der Waals surface area contributed by atoms with Crippen LogP contribution in [0.15, 0.2) is 24.3 Å². The van der Waals surface area contributed by atoms with Crippen molar-refractivity contribution in [3.05, 3.63) is 24.3 Å². The number of nitrogens with zero attached hydrogens (tertiary/aromatic N) is 1. The second-order valence-electron chi connectivity index (χ2n) is 7.46. The fourth-order valence-electron chi connectivity index (χ4n) is 4.18. The van der Waals surface area contributed by atoms with E-state index in [2.05, 4.69) is 24.3 Å². The van der Waals surface area contributed by atoms with Gasteiger partial charge in [0.2, 0.25) is 5.91 Å². The Morgan fingerprint density at radius 2 is 2.12 bits per heavy atom. The first kappa shape index (κ1) is 17.2. The summed E-state index contributed by atoms with van der Waals surface area (Å²) in [7, 11) is 4.10. The first-order valence-corrected chi connectivity index (χ1v) is 8.98. The van der Waals surface area contributed by atoms with Crippen LogP contribution in [-0.2, 0) is 4.79 Å². The van der Waals surface area contributed by atoms with Crippen molar-refractivity contribution in [2.24, 2.45) is 23.5 Å². The van der Waals surface area contributed by atoms with Crippen molar-refractivity contribution in [1.29, 1.82) is 0 Å². The van der Waals surface area contributed by atoms with Crippen LogP contribution in [0, 0.1) is 17.8 Å². The Morgan fingerprint density at radius 3 is 2.83 bits per heavy atom. The molecule has 1 aromatic rings. The number of rotatable bonds is 7. The van der Waals surface area contributed by atoms with Gasteiger partial charge in [0.15, 0.2) is 0 Å². The number of amides is 1. The largest absolute Gasteiger partial charge is 0.493 e. The molecular weight excluding hydrogens is 302 g/mol. The summed E-state index contributed by atoms with van der Waals surface area (Å²) in [5.74, 6) is 1.84. The summed E-state index contributed by atoms with van der Waals surface area (Å²) < 4.78 is 5.77. The van der Waals surface area contributed by atoms with E-state index in [-0.39, 0.29) is 17.9 Å². The lowest BCUT2D eigenvalue weighted by molar-refractivity contribution is -0.121. The van der Waals surface area contributed by atoms with Crippen LogP contribution in [0.4, 0.5) is 5.69 Å². The maximum absolute atomic E-state index is 12.6. The smallest absolute Gasteiger partial charge is 0.229 e. The lowest BCUT2D eigenvalue weighted by atomic mass is 9.84. The zero-order valence-corrected chi connectivity index (χ0v) is 14.7. The lowest BCUT2D eigenvalue weighted by Gasteiger charge is -2.27. The second kappa shape index (κ2) is 7.53. The highest BCUT2D eigenvalue weighted by Crippen LogP contribution is 2.47. The van der Waals surface area contributed by atoms with Crippen molar-refractivity contribution in [2.45, 2.75) is 31.7 Å². The maximum atomic E-state index is 12.6. The van der Waals surface area contributed by atoms with Gasteiger partial charge in [-0.25, -0.2) is 0 Å². The van der Waals surface area contributed by atoms with E-state index >= 15 is 0 Å². The molecule has 0 heterocycles. The Balaban J connectivity index is 1.53. The highest BCUT2D eigenvalue weighted by Gasteiger charge is 2.49. The maximum Gasteiger partial charge on any atom is 0.229 e. The molecule has 3 rings (SSSR count). The van der Waals surface area contributed by atoms with Crippen molar-refractivity contribution < 1.29 is 9.53 Å². The SMILES string of the molecule is CN(C)CCCOc1cccc(NC(=O)C2C3CCC(C3)C2N)c1. The van der Waals surface area contributed by atoms with Crippen molar-refractivity contribution in [3.8, 4) is 5.75 Å². The molecule has 24 heavy (non-hydrogen) atoms. The molecule has 1 aromatic carbocycles. The zero-order valence-electron chi connectivity index (χ0n) is 14.7. The predicted molar refractivity (Wildman–Crippen MR) is 96.0 cm³/mol. The molecule has 0 saturated heterocycles. The molecule has 2 aliphatic carbocycles. The van der Waals surface area contributed by atoms with Crippen LogP contribution in [0.25, 0.3) is 0 Å². The van der Waals surface area contributed by atoms with E-state index in [1.165, 1.54) is 6.42 Å². The molecule has 0 aliphatic heterocycles. The van der Waals surface area contributed by atoms with Crippen LogP contribution in [0.3, 0.4) is 0 Å². The molecular formula is C19H29N3O2. The monoisotopic (exact) mass is 331 g/mol. The third-order valence-electron chi connectivity index (χ3n) is 5.40. The van der Waals surface area contributed by atoms with Gasteiger partial charge in [0.05, 0.1) is 12.5 Å². The van der Waals surface area contributed by atoms with Gasteiger partial charge in [0.25, 0.3) is 0 Å². The summed E-state index contributed by atoms with van der Waals surface area (Å²) in [4.78, 5) is 14.8. The van der Waals surface area contributed by atoms with Gasteiger partial charge in [-0.3, -0.25) is 4.79 Å². The number of nitrogens with one attached hydrogen (secondary N) is 1. The van der Waals surface area contributed by atoms with Crippen molar-refractivity contribution >= 4 is 11.6 Å². The minimum absolute atomic E-state index is 0.0224. The predicted octanol–water partition coefficient (Wildman–Crippen LogP) is 2.33. The normalized spacial score (nSPS) is 28.3. The van der Waals surface area contributed by atoms with Crippen LogP contribution in [0.2, 0.25) is 0 Å². The first-order chi connectivity index (χ1) is 11.5. The molecule has 0 radical (unpaired) electrons. The van der Waals surface area contributed by atoms with Crippen LogP contribution < -0.4 is 15.8 Å². The van der Waals surface area contributed by atoms with E-state index in [0.717, 1.165) is 37.2 Å². The van der Waals surface area contributed by atoms with E-state index in [9.17, 15) is 4.79 Å². The molecule has 5 heteroatoms. The Bertz CT molecular complexity index is 573. The fraction of sp³-hybridized carbons (Fsp3) is 0.632. The van der Waals surface area contributed by atoms with Gasteiger partial charge in [-0.1, -0.05) is 6.07 Å². The fourth-order valence-corrected chi connectivity index (χ4v) is 4.18. The summed E-state index contributed by atoms with van der Waals surface area (Å²) >= 11 is 0. The van der Waals surface area contributed by atoms with Gasteiger partial charge in [-0.2, -0.15) is 0 Å². The number of anilines is 1. The van der Waals surface area contributed by atoms with Crippen LogP contribution in [0.5, 0.6) is 5.75 Å². The molecule has 5 nitrogen and oxygen atoms in total. The quantitative estimate of drug-likeness (QED) is 0.753. The summed E-state index contributed by atoms with van der Waals surface area (Å²) in [6, 6.07) is 7.66. The second-order valence-corrected chi connectivity index (χ2v) is 7.46. The third-order valence-corrected chi connectivity index (χ3v) is 5.40. The van der Waals surface area contributed by atoms with E-state index < -0.39 is 0 Å². The minimum Gasteiger partial charge on any atom is -0.493 e. The average Bonchev–Trinajstić information content (AvgIpc) is 3.12. The molecule has 2 aliphatic rings. The van der Waals surface area contributed by atoms with Crippen LogP contribution in [0.1, 0.15) is 25.7 Å². The zero-order chi connectivity index (χ0) is 17.1. The number of ether oxygens (including phenoxy) is 1. The number of benzene rings is 1. The van der Waals surface area contributed by atoms with Gasteiger partial charge in [-0.05, 0) is 63.7 Å². The number of hydrogen-bond donors (Lipinski definition) is 2. The molecule has 4 atom stereocenters. The molecule has 132 valence electrons. The first-order valence-electron chi connectivity index (χ1n) is 8.98. The number of nitrogens with two attached hydrogens (primary N) is 1. The standard InChI is InChI=1S/C19H29N3O2/c1-22(2)9-4-10-24-16-6-3-5-15(12-16)21-19(23)17-13-7-8-14(11-13)18(17)20/h3,5-6,12-14,17-18H,4,7-11,20H2,1-2H3,(H,21,23). The third kappa shape index (κ3) is 3.90. The number of hydrogen-bond acceptors (Lipinski definition) is 4. The molecule has 2 saturated carbocycles. The molecule has 1 amide bonds. The molecule has 4 unspecified atom stereocenters. The van der Waals surface area contributed by atoms with Crippen molar-refractivity contribution in [1.82, 2.24) is 4.90 Å². The number of carbonyl (C=O) groups excluding carboxylic acids is 1. The van der Waals surface area contributed by atoms with Gasteiger partial charge in [0, 0.05) is 24.3 Å². The molecule has 2 fully saturated rings. The Hall–Kier alpha value is -1.59. The highest BCUT2D eigenvalue weighted by molar-refractivity contribution is 5.93. The van der Waals surface area contributed by atoms with Crippen molar-refractivity contribution in [3.63, 3.8) is 0 Å². The minimum atomic E-state index is -0.0339. The van der Waals surface area contributed by atoms with E-state index in [1.807, 2.05) is 24.3 Å². The van der Waals surface area contributed by atoms with Crippen LogP contribution >= 0.6 is 0 Å². The Morgan fingerprint density at radius 1 is 1.33 bits per heavy atom. The van der Waals surface area contributed by atoms with Gasteiger partial charge >= 0.3 is 0 Å². The van der Waals surface area contributed by atoms with Gasteiger partial charge < -0.3 is 20.7 Å². The van der Waals surface area contributed by atoms with E-state index in [0.29, 0.717) is 18.4 Å². The van der Waals surface area contributed by atoms with Crippen LogP contribution in [-0.4, -0.2) is 44.1 Å². The number of fused-ring (bicyclic) bond motifs is 2. The number of carbonyl (C=O) groups is 1. The molecule has 0 aromatic heterocycles. The highest BCUT2D eigenvalue weighted by atomic mass is 16.5. The molecule has 0 spiro atoms. The summed E-state index contributed by atoms with van der Waals surface area (Å²) in [6.45, 7) is 1.67. The van der Waals surface area contributed by atoms with Crippen molar-refractivity contribution in [2.75, 3.05) is 32.6 Å². The van der Waals surface area contributed by atoms with E-state index in [4.69, 9.17) is 10.5 Å².